The molecule has 268 valence electrons. The van der Waals surface area contributed by atoms with Crippen LogP contribution in [0.4, 0.5) is 0 Å². The Morgan fingerprint density at radius 1 is 1.16 bits per heavy atom. The molecule has 4 N–H and O–H groups in total. The van der Waals surface area contributed by atoms with Crippen molar-refractivity contribution < 1.29 is 29.4 Å². The molecule has 10 heteroatoms. The van der Waals surface area contributed by atoms with E-state index in [0.29, 0.717) is 47.1 Å². The van der Waals surface area contributed by atoms with E-state index in [-0.39, 0.29) is 31.0 Å². The number of amides is 2. The minimum Gasteiger partial charge on any atom is -0.496 e. The smallest absolute Gasteiger partial charge is 0.251 e. The topological polar surface area (TPSA) is 124 Å². The lowest BCUT2D eigenvalue weighted by Gasteiger charge is -2.62. The summed E-state index contributed by atoms with van der Waals surface area (Å²) in [5.74, 6) is 1.20. The highest BCUT2D eigenvalue weighted by atomic mass is 16.7. The van der Waals surface area contributed by atoms with Gasteiger partial charge in [-0.25, -0.2) is 0 Å². The molecule has 7 rings (SSSR count). The van der Waals surface area contributed by atoms with Crippen LogP contribution in [0.15, 0.2) is 42.5 Å². The second-order valence-corrected chi connectivity index (χ2v) is 15.4. The first kappa shape index (κ1) is 35.8. The molecule has 2 bridgehead atoms. The van der Waals surface area contributed by atoms with Crippen molar-refractivity contribution in [2.45, 2.75) is 97.2 Å². The predicted molar refractivity (Wildman–Crippen MR) is 189 cm³/mol. The number of carbonyl (C=O) groups is 2. The lowest BCUT2D eigenvalue weighted by atomic mass is 9.45. The summed E-state index contributed by atoms with van der Waals surface area (Å²) in [5.41, 5.74) is 3.30. The van der Waals surface area contributed by atoms with Crippen LogP contribution in [-0.2, 0) is 16.2 Å². The molecule has 5 fully saturated rings. The minimum atomic E-state index is -0.880. The number of aliphatic hydroxyl groups is 2. The number of hydrogen-bond acceptors (Lipinski definition) is 8. The van der Waals surface area contributed by atoms with Crippen molar-refractivity contribution in [1.82, 2.24) is 20.6 Å². The van der Waals surface area contributed by atoms with Crippen LogP contribution in [0.25, 0.3) is 11.1 Å². The fraction of sp³-hybridized carbons (Fsp3) is 0.641. The first-order valence-electron chi connectivity index (χ1n) is 18.3. The van der Waals surface area contributed by atoms with E-state index in [1.54, 1.807) is 19.1 Å². The Balaban J connectivity index is 1.21. The third kappa shape index (κ3) is 6.87. The van der Waals surface area contributed by atoms with Gasteiger partial charge in [0.15, 0.2) is 0 Å². The number of nitrogens with one attached hydrogen (secondary N) is 2. The summed E-state index contributed by atoms with van der Waals surface area (Å²) in [7, 11) is 1.61. The number of benzene rings is 2. The van der Waals surface area contributed by atoms with E-state index in [2.05, 4.69) is 43.2 Å². The summed E-state index contributed by atoms with van der Waals surface area (Å²) in [4.78, 5) is 36.0. The largest absolute Gasteiger partial charge is 0.496 e. The number of rotatable bonds is 12. The summed E-state index contributed by atoms with van der Waals surface area (Å²) >= 11 is 0. The molecular formula is C39H56N4O6. The monoisotopic (exact) mass is 676 g/mol. The van der Waals surface area contributed by atoms with Gasteiger partial charge < -0.3 is 25.6 Å². The third-order valence-corrected chi connectivity index (χ3v) is 12.5. The van der Waals surface area contributed by atoms with E-state index in [9.17, 15) is 19.8 Å². The van der Waals surface area contributed by atoms with E-state index in [4.69, 9.17) is 9.57 Å². The van der Waals surface area contributed by atoms with Crippen LogP contribution < -0.4 is 15.4 Å². The van der Waals surface area contributed by atoms with E-state index in [0.717, 1.165) is 49.0 Å². The van der Waals surface area contributed by atoms with Crippen molar-refractivity contribution in [2.75, 3.05) is 33.4 Å². The van der Waals surface area contributed by atoms with Crippen LogP contribution in [0.1, 0.15) is 76.2 Å². The van der Waals surface area contributed by atoms with Crippen molar-refractivity contribution >= 4 is 11.8 Å². The van der Waals surface area contributed by atoms with Gasteiger partial charge in [0.1, 0.15) is 17.9 Å². The van der Waals surface area contributed by atoms with Crippen LogP contribution in [0, 0.1) is 29.1 Å². The quantitative estimate of drug-likeness (QED) is 0.264. The van der Waals surface area contributed by atoms with E-state index < -0.39 is 24.2 Å². The Kier molecular flexibility index (Phi) is 10.7. The first-order chi connectivity index (χ1) is 23.5. The molecule has 1 unspecified atom stereocenters. The van der Waals surface area contributed by atoms with Gasteiger partial charge in [-0.05, 0) is 86.6 Å². The van der Waals surface area contributed by atoms with Gasteiger partial charge in [-0.15, -0.1) is 0 Å². The van der Waals surface area contributed by atoms with Crippen LogP contribution >= 0.6 is 0 Å². The molecule has 0 aromatic heterocycles. The Morgan fingerprint density at radius 3 is 2.61 bits per heavy atom. The average Bonchev–Trinajstić information content (AvgIpc) is 3.71. The molecule has 2 saturated heterocycles. The molecule has 0 spiro atoms. The highest BCUT2D eigenvalue weighted by molar-refractivity contribution is 5.95. The molecule has 5 aliphatic rings. The van der Waals surface area contributed by atoms with Crippen LogP contribution in [0.5, 0.6) is 5.75 Å². The zero-order chi connectivity index (χ0) is 35.0. The van der Waals surface area contributed by atoms with Crippen molar-refractivity contribution in [3.63, 3.8) is 0 Å². The molecule has 0 radical (unpaired) electrons. The number of methoxy groups -OCH3 is 1. The number of hydroxylamine groups is 2. The van der Waals surface area contributed by atoms with E-state index in [1.807, 2.05) is 42.5 Å². The van der Waals surface area contributed by atoms with Crippen molar-refractivity contribution in [1.29, 1.82) is 0 Å². The number of hydrogen-bond donors (Lipinski definition) is 4. The Labute approximate surface area is 291 Å². The molecule has 2 aromatic rings. The maximum atomic E-state index is 14.1. The molecule has 9 atom stereocenters. The van der Waals surface area contributed by atoms with Gasteiger partial charge in [-0.1, -0.05) is 58.0 Å². The molecule has 2 heterocycles. The fourth-order valence-electron chi connectivity index (χ4n) is 9.51. The SMILES string of the molecule is CCN1CCC[C@H]1CNC(=O)c1cccc(-c2cccc(CN3O[C@@H](CO)[C@H]([C@H](C)O)[C@H]3C(=O)NC3C[C@H]4C[C@H]([C@@H]3C)C4(C)C)c2OC)c1. The average molecular weight is 677 g/mol. The molecule has 10 nitrogen and oxygen atoms in total. The van der Waals surface area contributed by atoms with E-state index >= 15 is 0 Å². The van der Waals surface area contributed by atoms with Gasteiger partial charge in [0, 0.05) is 41.2 Å². The number of carbonyl (C=O) groups excluding carboxylic acids is 2. The van der Waals surface area contributed by atoms with Crippen molar-refractivity contribution in [3.8, 4) is 16.9 Å². The summed E-state index contributed by atoms with van der Waals surface area (Å²) < 4.78 is 5.99. The summed E-state index contributed by atoms with van der Waals surface area (Å²) in [6.45, 7) is 13.3. The van der Waals surface area contributed by atoms with Gasteiger partial charge in [0.25, 0.3) is 5.91 Å². The van der Waals surface area contributed by atoms with Crippen molar-refractivity contribution in [3.05, 3.63) is 53.6 Å². The number of nitrogens with zero attached hydrogens (tertiary/aromatic N) is 2. The molecule has 2 aliphatic heterocycles. The fourth-order valence-corrected chi connectivity index (χ4v) is 9.51. The van der Waals surface area contributed by atoms with Gasteiger partial charge in [-0.3, -0.25) is 19.3 Å². The molecule has 2 amide bonds. The zero-order valence-electron chi connectivity index (χ0n) is 30.0. The normalized spacial score (nSPS) is 31.6. The summed E-state index contributed by atoms with van der Waals surface area (Å²) in [6.07, 6.45) is 2.80. The molecule has 49 heavy (non-hydrogen) atoms. The molecule has 3 aliphatic carbocycles. The lowest BCUT2D eigenvalue weighted by Crippen LogP contribution is -2.62. The number of aliphatic hydroxyl groups excluding tert-OH is 2. The van der Waals surface area contributed by atoms with Crippen LogP contribution in [-0.4, -0.2) is 95.7 Å². The number of ether oxygens (including phenoxy) is 1. The molecular weight excluding hydrogens is 620 g/mol. The van der Waals surface area contributed by atoms with Crippen LogP contribution in [0.3, 0.4) is 0 Å². The third-order valence-electron chi connectivity index (χ3n) is 12.5. The van der Waals surface area contributed by atoms with Gasteiger partial charge >= 0.3 is 0 Å². The van der Waals surface area contributed by atoms with Gasteiger partial charge in [-0.2, -0.15) is 5.06 Å². The summed E-state index contributed by atoms with van der Waals surface area (Å²) in [5, 5.41) is 29.2. The highest BCUT2D eigenvalue weighted by Crippen LogP contribution is 2.61. The maximum absolute atomic E-state index is 14.1. The first-order valence-corrected chi connectivity index (χ1v) is 18.3. The molecule has 2 aromatic carbocycles. The zero-order valence-corrected chi connectivity index (χ0v) is 30.0. The van der Waals surface area contributed by atoms with Gasteiger partial charge in [0.2, 0.25) is 5.91 Å². The maximum Gasteiger partial charge on any atom is 0.251 e. The standard InChI is InChI=1S/C39H56N4O6/c1-7-42-16-10-14-29(42)20-40-37(46)26-12-8-11-25(17-26)30-15-9-13-27(36(30)48-6)21-43-35(34(24(3)45)33(22-44)49-43)38(47)41-32-19-28-18-31(23(32)2)39(28,4)5/h8-9,11-13,15,17,23-24,28-29,31-35,44-45H,7,10,14,16,18-22H2,1-6H3,(H,40,46)(H,41,47)/t23-,24-,28+,29-,31+,32?,33-,34-,35-/m0/s1. The Hall–Kier alpha value is -3.02. The number of para-hydroxylation sites is 1. The Bertz CT molecular complexity index is 1500. The second kappa shape index (κ2) is 14.7. The highest BCUT2D eigenvalue weighted by Gasteiger charge is 2.57. The van der Waals surface area contributed by atoms with Crippen LogP contribution in [0.2, 0.25) is 0 Å². The number of likely N-dealkylation sites (tertiary alicyclic amines) is 1. The lowest BCUT2D eigenvalue weighted by molar-refractivity contribution is -0.183. The second-order valence-electron chi connectivity index (χ2n) is 15.4. The Morgan fingerprint density at radius 2 is 1.94 bits per heavy atom. The van der Waals surface area contributed by atoms with Gasteiger partial charge in [0.05, 0.1) is 26.4 Å². The van der Waals surface area contributed by atoms with E-state index in [1.165, 1.54) is 6.42 Å². The minimum absolute atomic E-state index is 0.0556. The van der Waals surface area contributed by atoms with Crippen molar-refractivity contribution in [2.24, 2.45) is 29.1 Å². The summed E-state index contributed by atoms with van der Waals surface area (Å²) in [6, 6.07) is 13.0. The predicted octanol–water partition coefficient (Wildman–Crippen LogP) is 4.24. The number of likely N-dealkylation sites (N-methyl/N-ethyl adjacent to an activating group) is 1. The number of fused-ring (bicyclic) bond motifs is 2. The molecule has 3 saturated carbocycles.